The van der Waals surface area contributed by atoms with Gasteiger partial charge in [-0.25, -0.2) is 4.39 Å². The number of nitrogens with zero attached hydrogens (tertiary/aromatic N) is 1. The van der Waals surface area contributed by atoms with Crippen LogP contribution in [-0.2, 0) is 10.7 Å². The fourth-order valence-corrected chi connectivity index (χ4v) is 1.66. The molecule has 0 aromatic heterocycles. The van der Waals surface area contributed by atoms with Crippen molar-refractivity contribution in [2.24, 2.45) is 0 Å². The molecular formula is C8H7FNO3P. The Balaban J connectivity index is 3.00. The van der Waals surface area contributed by atoms with Crippen LogP contribution >= 0.6 is 7.60 Å². The summed E-state index contributed by atoms with van der Waals surface area (Å²) in [6.07, 6.45) is -0.518. The second-order valence-corrected chi connectivity index (χ2v) is 4.39. The van der Waals surface area contributed by atoms with Crippen molar-refractivity contribution in [3.8, 4) is 6.07 Å². The van der Waals surface area contributed by atoms with Crippen molar-refractivity contribution in [2.75, 3.05) is 0 Å². The molecule has 0 fully saturated rings. The zero-order chi connectivity index (χ0) is 10.8. The predicted octanol–water partition coefficient (Wildman–Crippen LogP) is 1.38. The number of rotatable bonds is 2. The first-order valence-electron chi connectivity index (χ1n) is 3.65. The Kier molecular flexibility index (Phi) is 3.02. The van der Waals surface area contributed by atoms with E-state index < -0.39 is 19.6 Å². The summed E-state index contributed by atoms with van der Waals surface area (Å²) in [5, 5.41) is 8.40. The lowest BCUT2D eigenvalue weighted by Crippen LogP contribution is -1.90. The van der Waals surface area contributed by atoms with Crippen molar-refractivity contribution in [1.29, 1.82) is 5.26 Å². The van der Waals surface area contributed by atoms with E-state index in [9.17, 15) is 8.96 Å². The van der Waals surface area contributed by atoms with Crippen LogP contribution in [0.15, 0.2) is 18.2 Å². The fourth-order valence-electron chi connectivity index (χ4n) is 0.985. The van der Waals surface area contributed by atoms with Crippen LogP contribution in [0.3, 0.4) is 0 Å². The van der Waals surface area contributed by atoms with E-state index in [0.29, 0.717) is 0 Å². The molecule has 0 aliphatic heterocycles. The summed E-state index contributed by atoms with van der Waals surface area (Å²) < 4.78 is 23.5. The minimum atomic E-state index is -4.18. The molecule has 1 aromatic rings. The van der Waals surface area contributed by atoms with Crippen molar-refractivity contribution in [3.05, 3.63) is 35.1 Å². The molecule has 6 heteroatoms. The van der Waals surface area contributed by atoms with E-state index >= 15 is 0 Å². The molecule has 0 radical (unpaired) electrons. The zero-order valence-corrected chi connectivity index (χ0v) is 7.91. The van der Waals surface area contributed by atoms with E-state index in [4.69, 9.17) is 15.0 Å². The van der Waals surface area contributed by atoms with E-state index in [2.05, 4.69) is 0 Å². The highest BCUT2D eigenvalue weighted by atomic mass is 31.2. The maximum absolute atomic E-state index is 13.0. The summed E-state index contributed by atoms with van der Waals surface area (Å²) in [4.78, 5) is 17.2. The van der Waals surface area contributed by atoms with Crippen LogP contribution in [-0.4, -0.2) is 9.79 Å². The molecule has 0 bridgehead atoms. The normalized spacial score (nSPS) is 11.0. The highest BCUT2D eigenvalue weighted by molar-refractivity contribution is 7.50. The molecule has 0 atom stereocenters. The smallest absolute Gasteiger partial charge is 0.324 e. The third-order valence-corrected chi connectivity index (χ3v) is 2.32. The van der Waals surface area contributed by atoms with Crippen molar-refractivity contribution in [3.63, 3.8) is 0 Å². The third kappa shape index (κ3) is 2.93. The van der Waals surface area contributed by atoms with E-state index in [-0.39, 0.29) is 11.1 Å². The SMILES string of the molecule is N#Cc1ccc(CP(=O)(O)O)cc1F. The van der Waals surface area contributed by atoms with Gasteiger partial charge >= 0.3 is 7.60 Å². The van der Waals surface area contributed by atoms with Crippen LogP contribution in [0.2, 0.25) is 0 Å². The van der Waals surface area contributed by atoms with Crippen LogP contribution < -0.4 is 0 Å². The van der Waals surface area contributed by atoms with Gasteiger partial charge in [0.05, 0.1) is 11.7 Å². The van der Waals surface area contributed by atoms with Gasteiger partial charge in [-0.1, -0.05) is 6.07 Å². The Morgan fingerprint density at radius 3 is 2.57 bits per heavy atom. The van der Waals surface area contributed by atoms with Gasteiger partial charge in [-0.15, -0.1) is 0 Å². The molecule has 1 aromatic carbocycles. The number of hydrogen-bond acceptors (Lipinski definition) is 2. The summed E-state index contributed by atoms with van der Waals surface area (Å²) >= 11 is 0. The van der Waals surface area contributed by atoms with E-state index in [0.717, 1.165) is 6.07 Å². The predicted molar refractivity (Wildman–Crippen MR) is 46.9 cm³/mol. The lowest BCUT2D eigenvalue weighted by atomic mass is 10.1. The van der Waals surface area contributed by atoms with Crippen molar-refractivity contribution in [1.82, 2.24) is 0 Å². The molecule has 0 saturated carbocycles. The summed E-state index contributed by atoms with van der Waals surface area (Å²) in [6, 6.07) is 5.09. The largest absolute Gasteiger partial charge is 0.329 e. The Morgan fingerprint density at radius 1 is 1.50 bits per heavy atom. The second-order valence-electron chi connectivity index (χ2n) is 2.75. The number of halogens is 1. The maximum atomic E-state index is 13.0. The van der Waals surface area contributed by atoms with Gasteiger partial charge in [-0.3, -0.25) is 4.57 Å². The molecule has 14 heavy (non-hydrogen) atoms. The first kappa shape index (κ1) is 10.9. The van der Waals surface area contributed by atoms with E-state index in [1.54, 1.807) is 6.07 Å². The Morgan fingerprint density at radius 2 is 2.14 bits per heavy atom. The molecule has 0 saturated heterocycles. The lowest BCUT2D eigenvalue weighted by Gasteiger charge is -2.03. The summed E-state index contributed by atoms with van der Waals surface area (Å²) in [5.74, 6) is -0.765. The van der Waals surface area contributed by atoms with E-state index in [1.165, 1.54) is 12.1 Å². The lowest BCUT2D eigenvalue weighted by molar-refractivity contribution is 0.371. The van der Waals surface area contributed by atoms with Gasteiger partial charge in [0.2, 0.25) is 0 Å². The van der Waals surface area contributed by atoms with Gasteiger partial charge in [0.15, 0.2) is 0 Å². The Bertz CT molecular complexity index is 435. The van der Waals surface area contributed by atoms with Gasteiger partial charge in [-0.2, -0.15) is 5.26 Å². The first-order chi connectivity index (χ1) is 6.42. The van der Waals surface area contributed by atoms with Crippen LogP contribution in [0.4, 0.5) is 4.39 Å². The summed E-state index contributed by atoms with van der Waals surface area (Å²) in [6.45, 7) is 0. The Labute approximate surface area is 79.8 Å². The molecule has 0 aliphatic rings. The van der Waals surface area contributed by atoms with Gasteiger partial charge in [0.25, 0.3) is 0 Å². The molecular weight excluding hydrogens is 208 g/mol. The average molecular weight is 215 g/mol. The molecule has 2 N–H and O–H groups in total. The molecule has 4 nitrogen and oxygen atoms in total. The second kappa shape index (κ2) is 3.89. The van der Waals surface area contributed by atoms with Gasteiger partial charge in [0.1, 0.15) is 11.9 Å². The number of nitriles is 1. The van der Waals surface area contributed by atoms with Gasteiger partial charge in [-0.05, 0) is 17.7 Å². The van der Waals surface area contributed by atoms with Crippen LogP contribution in [0.5, 0.6) is 0 Å². The molecule has 0 aliphatic carbocycles. The molecule has 0 unspecified atom stereocenters. The molecule has 74 valence electrons. The average Bonchev–Trinajstić information content (AvgIpc) is 2.01. The monoisotopic (exact) mass is 215 g/mol. The standard InChI is InChI=1S/C8H7FNO3P/c9-8-3-6(5-14(11,12)13)1-2-7(8)4-10/h1-3H,5H2,(H2,11,12,13). The summed E-state index contributed by atoms with van der Waals surface area (Å²) in [5.41, 5.74) is 0.0364. The minimum absolute atomic E-state index is 0.139. The van der Waals surface area contributed by atoms with Crippen molar-refractivity contribution in [2.45, 2.75) is 6.16 Å². The fraction of sp³-hybridized carbons (Fsp3) is 0.125. The first-order valence-corrected chi connectivity index (χ1v) is 5.45. The van der Waals surface area contributed by atoms with Gasteiger partial charge < -0.3 is 9.79 Å². The van der Waals surface area contributed by atoms with Crippen LogP contribution in [0.25, 0.3) is 0 Å². The van der Waals surface area contributed by atoms with E-state index in [1.807, 2.05) is 0 Å². The quantitative estimate of drug-likeness (QED) is 0.730. The highest BCUT2D eigenvalue weighted by Gasteiger charge is 2.14. The van der Waals surface area contributed by atoms with Crippen molar-refractivity contribution >= 4 is 7.60 Å². The number of hydrogen-bond donors (Lipinski definition) is 2. The Hall–Kier alpha value is -1.21. The molecule has 0 spiro atoms. The van der Waals surface area contributed by atoms with Crippen molar-refractivity contribution < 1.29 is 18.7 Å². The molecule has 0 heterocycles. The molecule has 1 rings (SSSR count). The summed E-state index contributed by atoms with van der Waals surface area (Å²) in [7, 11) is -4.18. The third-order valence-electron chi connectivity index (χ3n) is 1.54. The van der Waals surface area contributed by atoms with Crippen LogP contribution in [0, 0.1) is 17.1 Å². The molecule has 0 amide bonds. The number of benzene rings is 1. The highest BCUT2D eigenvalue weighted by Crippen LogP contribution is 2.39. The zero-order valence-electron chi connectivity index (χ0n) is 7.01. The topological polar surface area (TPSA) is 81.3 Å². The van der Waals surface area contributed by atoms with Gasteiger partial charge in [0, 0.05) is 0 Å². The maximum Gasteiger partial charge on any atom is 0.329 e. The minimum Gasteiger partial charge on any atom is -0.324 e. The van der Waals surface area contributed by atoms with Crippen LogP contribution in [0.1, 0.15) is 11.1 Å².